The molecule has 2 rings (SSSR count). The Morgan fingerprint density at radius 3 is 2.67 bits per heavy atom. The summed E-state index contributed by atoms with van der Waals surface area (Å²) in [6.45, 7) is 4.12. The van der Waals surface area contributed by atoms with Crippen LogP contribution in [0, 0.1) is 0 Å². The van der Waals surface area contributed by atoms with Gasteiger partial charge in [0.15, 0.2) is 5.13 Å². The number of fused-ring (bicyclic) bond motifs is 1. The summed E-state index contributed by atoms with van der Waals surface area (Å²) in [5, 5.41) is 1.70. The molecule has 2 aromatic rings. The normalized spacial score (nSPS) is 11.5. The summed E-state index contributed by atoms with van der Waals surface area (Å²) in [7, 11) is 0. The van der Waals surface area contributed by atoms with E-state index in [1.807, 2.05) is 6.07 Å². The van der Waals surface area contributed by atoms with Crippen LogP contribution >= 0.6 is 34.5 Å². The van der Waals surface area contributed by atoms with Gasteiger partial charge in [-0.05, 0) is 12.0 Å². The third kappa shape index (κ3) is 1.80. The second kappa shape index (κ2) is 3.81. The first-order valence-electron chi connectivity index (χ1n) is 4.54. The first kappa shape index (κ1) is 11.0. The molecule has 1 heterocycles. The summed E-state index contributed by atoms with van der Waals surface area (Å²) >= 11 is 13.7. The molecule has 0 unspecified atom stereocenters. The number of hydrogen-bond donors (Lipinski definition) is 1. The Morgan fingerprint density at radius 2 is 2.07 bits per heavy atom. The molecule has 0 atom stereocenters. The van der Waals surface area contributed by atoms with Gasteiger partial charge < -0.3 is 5.73 Å². The van der Waals surface area contributed by atoms with E-state index >= 15 is 0 Å². The lowest BCUT2D eigenvalue weighted by Gasteiger charge is -2.10. The minimum absolute atomic E-state index is 0.278. The molecule has 1 aromatic heterocycles. The number of nitrogens with zero attached hydrogens (tertiary/aromatic N) is 1. The Labute approximate surface area is 102 Å². The Hall–Kier alpha value is -0.510. The van der Waals surface area contributed by atoms with Gasteiger partial charge in [0.05, 0.1) is 20.3 Å². The highest BCUT2D eigenvalue weighted by Gasteiger charge is 2.16. The highest BCUT2D eigenvalue weighted by atomic mass is 35.5. The Balaban J connectivity index is 2.88. The van der Waals surface area contributed by atoms with Crippen molar-refractivity contribution in [1.82, 2.24) is 4.98 Å². The van der Waals surface area contributed by atoms with E-state index in [2.05, 4.69) is 18.8 Å². The maximum absolute atomic E-state index is 6.17. The van der Waals surface area contributed by atoms with E-state index in [0.29, 0.717) is 15.2 Å². The van der Waals surface area contributed by atoms with Crippen LogP contribution in [0.4, 0.5) is 5.13 Å². The highest BCUT2D eigenvalue weighted by molar-refractivity contribution is 7.22. The van der Waals surface area contributed by atoms with Crippen molar-refractivity contribution in [2.24, 2.45) is 0 Å². The lowest BCUT2D eigenvalue weighted by Crippen LogP contribution is -1.92. The van der Waals surface area contributed by atoms with E-state index in [4.69, 9.17) is 28.9 Å². The Morgan fingerprint density at radius 1 is 1.40 bits per heavy atom. The predicted octanol–water partition coefficient (Wildman–Crippen LogP) is 4.31. The van der Waals surface area contributed by atoms with E-state index in [1.54, 1.807) is 0 Å². The fourth-order valence-electron chi connectivity index (χ4n) is 1.58. The summed E-state index contributed by atoms with van der Waals surface area (Å²) in [4.78, 5) is 4.29. The Kier molecular flexibility index (Phi) is 2.79. The summed E-state index contributed by atoms with van der Waals surface area (Å²) in [5.74, 6) is 0.278. The van der Waals surface area contributed by atoms with Gasteiger partial charge in [0.1, 0.15) is 0 Å². The molecule has 15 heavy (non-hydrogen) atoms. The van der Waals surface area contributed by atoms with Gasteiger partial charge in [0, 0.05) is 5.56 Å². The van der Waals surface area contributed by atoms with Crippen molar-refractivity contribution < 1.29 is 0 Å². The maximum Gasteiger partial charge on any atom is 0.181 e. The summed E-state index contributed by atoms with van der Waals surface area (Å²) in [5.41, 5.74) is 7.54. The number of nitrogen functional groups attached to an aromatic ring is 1. The summed E-state index contributed by atoms with van der Waals surface area (Å²) < 4.78 is 0.991. The van der Waals surface area contributed by atoms with Crippen molar-refractivity contribution in [3.63, 3.8) is 0 Å². The van der Waals surface area contributed by atoms with Crippen LogP contribution in [0.5, 0.6) is 0 Å². The molecule has 0 amide bonds. The fraction of sp³-hybridized carbons (Fsp3) is 0.300. The first-order chi connectivity index (χ1) is 7.00. The molecule has 0 aliphatic carbocycles. The van der Waals surface area contributed by atoms with Crippen molar-refractivity contribution in [2.45, 2.75) is 19.8 Å². The van der Waals surface area contributed by atoms with Gasteiger partial charge in [0.2, 0.25) is 0 Å². The van der Waals surface area contributed by atoms with Crippen molar-refractivity contribution in [3.8, 4) is 0 Å². The van der Waals surface area contributed by atoms with Gasteiger partial charge in [-0.2, -0.15) is 0 Å². The molecule has 0 saturated carbocycles. The van der Waals surface area contributed by atoms with Gasteiger partial charge in [-0.1, -0.05) is 48.4 Å². The standard InChI is InChI=1S/C10H10Cl2N2S/c1-4(2)7-8(12)5(11)3-6-9(7)14-10(13)15-6/h3-4H,1-2H3,(H2,13,14). The molecule has 0 aliphatic heterocycles. The summed E-state index contributed by atoms with van der Waals surface area (Å²) in [6.07, 6.45) is 0. The van der Waals surface area contributed by atoms with Crippen molar-refractivity contribution in [1.29, 1.82) is 0 Å². The molecule has 2 N–H and O–H groups in total. The quantitative estimate of drug-likeness (QED) is 0.830. The lowest BCUT2D eigenvalue weighted by molar-refractivity contribution is 0.874. The van der Waals surface area contributed by atoms with Gasteiger partial charge in [-0.25, -0.2) is 4.98 Å². The van der Waals surface area contributed by atoms with E-state index in [-0.39, 0.29) is 5.92 Å². The van der Waals surface area contributed by atoms with Crippen LogP contribution < -0.4 is 5.73 Å². The second-order valence-electron chi connectivity index (χ2n) is 3.64. The Bertz CT molecular complexity index is 520. The molecule has 0 saturated heterocycles. The monoisotopic (exact) mass is 260 g/mol. The number of rotatable bonds is 1. The SMILES string of the molecule is CC(C)c1c(Cl)c(Cl)cc2sc(N)nc12. The van der Waals surface area contributed by atoms with Gasteiger partial charge >= 0.3 is 0 Å². The topological polar surface area (TPSA) is 38.9 Å². The van der Waals surface area contributed by atoms with Crippen LogP contribution in [0.1, 0.15) is 25.3 Å². The lowest BCUT2D eigenvalue weighted by atomic mass is 10.0. The van der Waals surface area contributed by atoms with Crippen LogP contribution in [0.3, 0.4) is 0 Å². The van der Waals surface area contributed by atoms with Crippen LogP contribution in [0.15, 0.2) is 6.07 Å². The maximum atomic E-state index is 6.17. The van der Waals surface area contributed by atoms with Crippen molar-refractivity contribution in [3.05, 3.63) is 21.7 Å². The molecule has 0 bridgehead atoms. The minimum atomic E-state index is 0.278. The van der Waals surface area contributed by atoms with Crippen molar-refractivity contribution >= 4 is 49.9 Å². The number of halogens is 2. The molecular formula is C10H10Cl2N2S. The molecule has 5 heteroatoms. The molecule has 80 valence electrons. The van der Waals surface area contributed by atoms with E-state index < -0.39 is 0 Å². The zero-order valence-electron chi connectivity index (χ0n) is 8.34. The predicted molar refractivity (Wildman–Crippen MR) is 68.1 cm³/mol. The van der Waals surface area contributed by atoms with Gasteiger partial charge in [-0.15, -0.1) is 0 Å². The van der Waals surface area contributed by atoms with Crippen LogP contribution in [0.25, 0.3) is 10.2 Å². The number of thiazole rings is 1. The van der Waals surface area contributed by atoms with E-state index in [9.17, 15) is 0 Å². The highest BCUT2D eigenvalue weighted by Crippen LogP contribution is 2.39. The first-order valence-corrected chi connectivity index (χ1v) is 6.12. The van der Waals surface area contributed by atoms with Crippen LogP contribution in [-0.2, 0) is 0 Å². The number of aromatic nitrogens is 1. The number of benzene rings is 1. The van der Waals surface area contributed by atoms with Crippen LogP contribution in [-0.4, -0.2) is 4.98 Å². The third-order valence-corrected chi connectivity index (χ3v) is 3.84. The molecule has 0 fully saturated rings. The van der Waals surface area contributed by atoms with Gasteiger partial charge in [0.25, 0.3) is 0 Å². The average molecular weight is 261 g/mol. The molecule has 2 nitrogen and oxygen atoms in total. The zero-order chi connectivity index (χ0) is 11.2. The summed E-state index contributed by atoms with van der Waals surface area (Å²) in [6, 6.07) is 1.82. The van der Waals surface area contributed by atoms with Crippen LogP contribution in [0.2, 0.25) is 10.0 Å². The molecule has 0 radical (unpaired) electrons. The number of hydrogen-bond acceptors (Lipinski definition) is 3. The molecule has 1 aromatic carbocycles. The largest absolute Gasteiger partial charge is 0.375 e. The number of anilines is 1. The molecule has 0 spiro atoms. The molecular weight excluding hydrogens is 251 g/mol. The van der Waals surface area contributed by atoms with Gasteiger partial charge in [-0.3, -0.25) is 0 Å². The van der Waals surface area contributed by atoms with E-state index in [0.717, 1.165) is 15.8 Å². The number of nitrogens with two attached hydrogens (primary N) is 1. The fourth-order valence-corrected chi connectivity index (χ4v) is 3.01. The average Bonchev–Trinajstić information content (AvgIpc) is 2.46. The minimum Gasteiger partial charge on any atom is -0.375 e. The molecule has 0 aliphatic rings. The third-order valence-electron chi connectivity index (χ3n) is 2.21. The van der Waals surface area contributed by atoms with Crippen molar-refractivity contribution in [2.75, 3.05) is 5.73 Å². The smallest absolute Gasteiger partial charge is 0.181 e. The zero-order valence-corrected chi connectivity index (χ0v) is 10.7. The van der Waals surface area contributed by atoms with E-state index in [1.165, 1.54) is 11.3 Å². The second-order valence-corrected chi connectivity index (χ2v) is 5.49.